The molecular formula is C16H13BrClFO2. The fourth-order valence-corrected chi connectivity index (χ4v) is 2.88. The Morgan fingerprint density at radius 2 is 1.86 bits per heavy atom. The molecule has 2 nitrogen and oxygen atoms in total. The zero-order chi connectivity index (χ0) is 15.4. The predicted molar refractivity (Wildman–Crippen MR) is 84.1 cm³/mol. The minimum Gasteiger partial charge on any atom is -0.481 e. The summed E-state index contributed by atoms with van der Waals surface area (Å²) in [6, 6.07) is 11.5. The van der Waals surface area contributed by atoms with Crippen LogP contribution in [0.2, 0.25) is 5.02 Å². The minimum atomic E-state index is -0.961. The smallest absolute Gasteiger partial charge is 0.307 e. The maximum Gasteiger partial charge on any atom is 0.307 e. The second-order valence-corrected chi connectivity index (χ2v) is 6.09. The molecule has 0 aliphatic carbocycles. The summed E-state index contributed by atoms with van der Waals surface area (Å²) in [5.74, 6) is -2.07. The van der Waals surface area contributed by atoms with Gasteiger partial charge in [0.05, 0.1) is 5.92 Å². The third-order valence-corrected chi connectivity index (χ3v) is 4.10. The largest absolute Gasteiger partial charge is 0.481 e. The number of benzene rings is 2. The topological polar surface area (TPSA) is 37.3 Å². The predicted octanol–water partition coefficient (Wildman–Crippen LogP) is 4.73. The molecular weight excluding hydrogens is 359 g/mol. The molecule has 1 N–H and O–H groups in total. The monoisotopic (exact) mass is 370 g/mol. The molecule has 2 aromatic rings. The number of aliphatic carboxylic acids is 1. The van der Waals surface area contributed by atoms with Crippen LogP contribution >= 0.6 is 27.5 Å². The lowest BCUT2D eigenvalue weighted by Gasteiger charge is -2.14. The first-order valence-electron chi connectivity index (χ1n) is 6.37. The number of carboxylic acid groups (broad SMARTS) is 1. The Morgan fingerprint density at radius 3 is 2.48 bits per heavy atom. The first kappa shape index (κ1) is 16.0. The van der Waals surface area contributed by atoms with E-state index in [0.717, 1.165) is 10.0 Å². The van der Waals surface area contributed by atoms with Gasteiger partial charge >= 0.3 is 5.97 Å². The highest BCUT2D eigenvalue weighted by Gasteiger charge is 2.21. The van der Waals surface area contributed by atoms with E-state index in [2.05, 4.69) is 15.9 Å². The molecule has 0 saturated heterocycles. The Bertz CT molecular complexity index is 660. The van der Waals surface area contributed by atoms with Gasteiger partial charge < -0.3 is 5.11 Å². The lowest BCUT2D eigenvalue weighted by atomic mass is 9.92. The van der Waals surface area contributed by atoms with Crippen LogP contribution < -0.4 is 0 Å². The molecule has 0 aromatic heterocycles. The molecule has 0 bridgehead atoms. The van der Waals surface area contributed by atoms with Crippen molar-refractivity contribution in [1.82, 2.24) is 0 Å². The quantitative estimate of drug-likeness (QED) is 0.825. The van der Waals surface area contributed by atoms with Crippen LogP contribution in [0.5, 0.6) is 0 Å². The van der Waals surface area contributed by atoms with Crippen LogP contribution in [0.1, 0.15) is 11.1 Å². The highest BCUT2D eigenvalue weighted by molar-refractivity contribution is 9.10. The van der Waals surface area contributed by atoms with Gasteiger partial charge in [0.2, 0.25) is 0 Å². The van der Waals surface area contributed by atoms with Gasteiger partial charge in [-0.25, -0.2) is 4.39 Å². The first-order valence-corrected chi connectivity index (χ1v) is 7.54. The Morgan fingerprint density at radius 1 is 1.19 bits per heavy atom. The highest BCUT2D eigenvalue weighted by Crippen LogP contribution is 2.25. The normalized spacial score (nSPS) is 12.1. The second-order valence-electron chi connectivity index (χ2n) is 4.77. The van der Waals surface area contributed by atoms with Gasteiger partial charge in [-0.2, -0.15) is 0 Å². The van der Waals surface area contributed by atoms with Crippen molar-refractivity contribution in [3.8, 4) is 0 Å². The molecule has 0 spiro atoms. The standard InChI is InChI=1S/C16H13BrClFO2/c17-13-6-5-10(14(18)9-13)7-12(16(20)21)8-11-3-1-2-4-15(11)19/h1-6,9,12H,7-8H2,(H,20,21). The van der Waals surface area contributed by atoms with E-state index < -0.39 is 11.9 Å². The summed E-state index contributed by atoms with van der Waals surface area (Å²) in [6.07, 6.45) is 0.393. The summed E-state index contributed by atoms with van der Waals surface area (Å²) >= 11 is 9.42. The maximum atomic E-state index is 13.7. The van der Waals surface area contributed by atoms with E-state index in [0.29, 0.717) is 10.6 Å². The Balaban J connectivity index is 2.20. The fourth-order valence-electron chi connectivity index (χ4n) is 2.13. The number of hydrogen-bond acceptors (Lipinski definition) is 1. The van der Waals surface area contributed by atoms with E-state index in [9.17, 15) is 14.3 Å². The van der Waals surface area contributed by atoms with Crippen LogP contribution in [0.3, 0.4) is 0 Å². The van der Waals surface area contributed by atoms with E-state index >= 15 is 0 Å². The molecule has 1 atom stereocenters. The summed E-state index contributed by atoms with van der Waals surface area (Å²) in [4.78, 5) is 11.4. The van der Waals surface area contributed by atoms with Crippen molar-refractivity contribution in [3.05, 3.63) is 68.9 Å². The van der Waals surface area contributed by atoms with Gasteiger partial charge in [0.25, 0.3) is 0 Å². The molecule has 1 unspecified atom stereocenters. The third-order valence-electron chi connectivity index (χ3n) is 3.25. The maximum absolute atomic E-state index is 13.7. The van der Waals surface area contributed by atoms with Crippen molar-refractivity contribution < 1.29 is 14.3 Å². The highest BCUT2D eigenvalue weighted by atomic mass is 79.9. The van der Waals surface area contributed by atoms with Crippen LogP contribution in [0, 0.1) is 11.7 Å². The fraction of sp³-hybridized carbons (Fsp3) is 0.188. The van der Waals surface area contributed by atoms with Crippen molar-refractivity contribution in [2.75, 3.05) is 0 Å². The molecule has 0 fully saturated rings. The van der Waals surface area contributed by atoms with E-state index in [-0.39, 0.29) is 18.7 Å². The average molecular weight is 372 g/mol. The van der Waals surface area contributed by atoms with Crippen molar-refractivity contribution in [3.63, 3.8) is 0 Å². The van der Waals surface area contributed by atoms with Crippen molar-refractivity contribution >= 4 is 33.5 Å². The Kier molecular flexibility index (Phi) is 5.37. The molecule has 0 saturated carbocycles. The van der Waals surface area contributed by atoms with Gasteiger partial charge in [0.15, 0.2) is 0 Å². The number of carboxylic acids is 1. The zero-order valence-corrected chi connectivity index (χ0v) is 13.4. The number of hydrogen-bond donors (Lipinski definition) is 1. The molecule has 2 rings (SSSR count). The number of halogens is 3. The average Bonchev–Trinajstić information content (AvgIpc) is 2.42. The molecule has 21 heavy (non-hydrogen) atoms. The van der Waals surface area contributed by atoms with E-state index in [1.807, 2.05) is 6.07 Å². The minimum absolute atomic E-state index is 0.133. The lowest BCUT2D eigenvalue weighted by Crippen LogP contribution is -2.20. The first-order chi connectivity index (χ1) is 9.97. The Hall–Kier alpha value is -1.39. The summed E-state index contributed by atoms with van der Waals surface area (Å²) < 4.78 is 14.5. The molecule has 110 valence electrons. The molecule has 0 radical (unpaired) electrons. The van der Waals surface area contributed by atoms with Gasteiger partial charge in [0.1, 0.15) is 5.82 Å². The van der Waals surface area contributed by atoms with Crippen molar-refractivity contribution in [2.45, 2.75) is 12.8 Å². The molecule has 5 heteroatoms. The summed E-state index contributed by atoms with van der Waals surface area (Å²) in [5, 5.41) is 9.86. The number of rotatable bonds is 5. The van der Waals surface area contributed by atoms with Gasteiger partial charge in [-0.1, -0.05) is 51.8 Å². The van der Waals surface area contributed by atoms with Crippen molar-refractivity contribution in [2.24, 2.45) is 5.92 Å². The van der Waals surface area contributed by atoms with E-state index in [1.54, 1.807) is 30.3 Å². The van der Waals surface area contributed by atoms with Gasteiger partial charge in [-0.15, -0.1) is 0 Å². The second kappa shape index (κ2) is 7.05. The zero-order valence-electron chi connectivity index (χ0n) is 11.0. The van der Waals surface area contributed by atoms with E-state index in [4.69, 9.17) is 11.6 Å². The molecule has 0 heterocycles. The van der Waals surface area contributed by atoms with Crippen LogP contribution in [0.4, 0.5) is 4.39 Å². The molecule has 2 aromatic carbocycles. The van der Waals surface area contributed by atoms with Crippen LogP contribution in [0.15, 0.2) is 46.9 Å². The molecule has 0 aliphatic heterocycles. The summed E-state index contributed by atoms with van der Waals surface area (Å²) in [7, 11) is 0. The molecule has 0 amide bonds. The van der Waals surface area contributed by atoms with Crippen LogP contribution in [-0.4, -0.2) is 11.1 Å². The lowest BCUT2D eigenvalue weighted by molar-refractivity contribution is -0.141. The van der Waals surface area contributed by atoms with Gasteiger partial charge in [0, 0.05) is 9.50 Å². The SMILES string of the molecule is O=C(O)C(Cc1ccccc1F)Cc1ccc(Br)cc1Cl. The van der Waals surface area contributed by atoms with Gasteiger partial charge in [-0.3, -0.25) is 4.79 Å². The Labute approximate surface area is 135 Å². The number of carbonyl (C=O) groups is 1. The van der Waals surface area contributed by atoms with Crippen LogP contribution in [0.25, 0.3) is 0 Å². The van der Waals surface area contributed by atoms with Crippen molar-refractivity contribution in [1.29, 1.82) is 0 Å². The molecule has 0 aliphatic rings. The van der Waals surface area contributed by atoms with Crippen LogP contribution in [-0.2, 0) is 17.6 Å². The third kappa shape index (κ3) is 4.29. The van der Waals surface area contributed by atoms with Gasteiger partial charge in [-0.05, 0) is 42.2 Å². The summed E-state index contributed by atoms with van der Waals surface area (Å²) in [6.45, 7) is 0. The summed E-state index contributed by atoms with van der Waals surface area (Å²) in [5.41, 5.74) is 1.14. The van der Waals surface area contributed by atoms with E-state index in [1.165, 1.54) is 6.07 Å².